The summed E-state index contributed by atoms with van der Waals surface area (Å²) in [5.41, 5.74) is 1.01. The number of aromatic nitrogens is 2. The van der Waals surface area contributed by atoms with Crippen LogP contribution in [0.15, 0.2) is 30.2 Å². The molecular weight excluding hydrogens is 230 g/mol. The maximum atomic E-state index is 11.8. The highest BCUT2D eigenvalue weighted by Gasteiger charge is 2.26. The largest absolute Gasteiger partial charge is 0.471 e. The van der Waals surface area contributed by atoms with Gasteiger partial charge in [-0.05, 0) is 13.8 Å². The summed E-state index contributed by atoms with van der Waals surface area (Å²) in [5, 5.41) is 0. The first-order valence-corrected chi connectivity index (χ1v) is 6.01. The molecule has 1 fully saturated rings. The van der Waals surface area contributed by atoms with Gasteiger partial charge < -0.3 is 9.64 Å². The number of allylic oxidation sites excluding steroid dienone is 1. The Hall–Kier alpha value is -1.91. The smallest absolute Gasteiger partial charge is 0.246 e. The van der Waals surface area contributed by atoms with Crippen LogP contribution in [0.2, 0.25) is 0 Å². The topological polar surface area (TPSA) is 55.3 Å². The van der Waals surface area contributed by atoms with Crippen molar-refractivity contribution < 1.29 is 9.53 Å². The monoisotopic (exact) mass is 247 g/mol. The maximum absolute atomic E-state index is 11.8. The fourth-order valence-electron chi connectivity index (χ4n) is 1.88. The molecule has 1 aromatic rings. The van der Waals surface area contributed by atoms with Crippen molar-refractivity contribution in [3.8, 4) is 5.88 Å². The number of carbonyl (C=O) groups excluding carboxylic acids is 1. The molecule has 2 heterocycles. The lowest BCUT2D eigenvalue weighted by molar-refractivity contribution is -0.125. The number of carbonyl (C=O) groups is 1. The highest BCUT2D eigenvalue weighted by molar-refractivity contribution is 5.88. The first-order valence-electron chi connectivity index (χ1n) is 6.01. The molecule has 96 valence electrons. The van der Waals surface area contributed by atoms with Gasteiger partial charge in [-0.2, -0.15) is 0 Å². The zero-order valence-corrected chi connectivity index (χ0v) is 10.7. The van der Waals surface area contributed by atoms with Gasteiger partial charge in [0.25, 0.3) is 0 Å². The molecule has 0 radical (unpaired) electrons. The molecule has 0 N–H and O–H groups in total. The lowest BCUT2D eigenvalue weighted by Crippen LogP contribution is -2.29. The van der Waals surface area contributed by atoms with Crippen molar-refractivity contribution in [1.82, 2.24) is 14.9 Å². The first-order chi connectivity index (χ1) is 8.65. The molecular formula is C13H17N3O2. The molecule has 1 aliphatic heterocycles. The summed E-state index contributed by atoms with van der Waals surface area (Å²) in [6.07, 6.45) is 7.28. The molecule has 0 saturated carbocycles. The predicted octanol–water partition coefficient (Wildman–Crippen LogP) is 1.42. The second-order valence-corrected chi connectivity index (χ2v) is 4.58. The molecule has 0 aliphatic carbocycles. The van der Waals surface area contributed by atoms with Crippen LogP contribution >= 0.6 is 0 Å². The van der Waals surface area contributed by atoms with Crippen LogP contribution in [0.5, 0.6) is 5.88 Å². The lowest BCUT2D eigenvalue weighted by atomic mass is 10.3. The van der Waals surface area contributed by atoms with Gasteiger partial charge in [0.1, 0.15) is 6.10 Å². The lowest BCUT2D eigenvalue weighted by Gasteiger charge is -2.15. The second kappa shape index (κ2) is 5.62. The van der Waals surface area contributed by atoms with Gasteiger partial charge in [0.2, 0.25) is 11.8 Å². The Kier molecular flexibility index (Phi) is 3.92. The van der Waals surface area contributed by atoms with Crippen molar-refractivity contribution in [2.24, 2.45) is 0 Å². The normalized spacial score (nSPS) is 18.6. The van der Waals surface area contributed by atoms with Crippen LogP contribution in [0.1, 0.15) is 20.3 Å². The third kappa shape index (κ3) is 3.29. The second-order valence-electron chi connectivity index (χ2n) is 4.58. The molecule has 0 aromatic carbocycles. The van der Waals surface area contributed by atoms with Gasteiger partial charge >= 0.3 is 0 Å². The Morgan fingerprint density at radius 2 is 2.33 bits per heavy atom. The van der Waals surface area contributed by atoms with Gasteiger partial charge in [0.15, 0.2) is 0 Å². The number of nitrogens with zero attached hydrogens (tertiary/aromatic N) is 3. The summed E-state index contributed by atoms with van der Waals surface area (Å²) < 4.78 is 5.67. The van der Waals surface area contributed by atoms with Crippen LogP contribution in [-0.4, -0.2) is 40.0 Å². The van der Waals surface area contributed by atoms with Crippen molar-refractivity contribution in [3.63, 3.8) is 0 Å². The highest BCUT2D eigenvalue weighted by atomic mass is 16.5. The number of likely N-dealkylation sites (tertiary alicyclic amines) is 1. The van der Waals surface area contributed by atoms with Crippen LogP contribution in [0, 0.1) is 0 Å². The van der Waals surface area contributed by atoms with Crippen LogP contribution < -0.4 is 4.74 Å². The summed E-state index contributed by atoms with van der Waals surface area (Å²) in [5.74, 6) is 0.569. The van der Waals surface area contributed by atoms with E-state index in [-0.39, 0.29) is 12.0 Å². The molecule has 5 nitrogen and oxygen atoms in total. The molecule has 18 heavy (non-hydrogen) atoms. The standard InChI is InChI=1S/C13H17N3O2/c1-10(2)7-13(17)16-6-3-11(9-16)18-12-8-14-4-5-15-12/h4-5,7-8,11H,3,6,9H2,1-2H3. The average Bonchev–Trinajstić information content (AvgIpc) is 2.78. The average molecular weight is 247 g/mol. The van der Waals surface area contributed by atoms with Crippen molar-refractivity contribution in [1.29, 1.82) is 0 Å². The molecule has 1 amide bonds. The molecule has 1 aromatic heterocycles. The van der Waals surface area contributed by atoms with Gasteiger partial charge in [-0.3, -0.25) is 9.78 Å². The Morgan fingerprint density at radius 1 is 1.50 bits per heavy atom. The highest BCUT2D eigenvalue weighted by Crippen LogP contribution is 2.16. The molecule has 0 bridgehead atoms. The Labute approximate surface area is 106 Å². The summed E-state index contributed by atoms with van der Waals surface area (Å²) in [4.78, 5) is 21.6. The van der Waals surface area contributed by atoms with Crippen molar-refractivity contribution in [2.45, 2.75) is 26.4 Å². The van der Waals surface area contributed by atoms with E-state index in [4.69, 9.17) is 4.74 Å². The number of rotatable bonds is 3. The predicted molar refractivity (Wildman–Crippen MR) is 67.1 cm³/mol. The van der Waals surface area contributed by atoms with Crippen LogP contribution in [0.4, 0.5) is 0 Å². The van der Waals surface area contributed by atoms with Crippen LogP contribution in [0.25, 0.3) is 0 Å². The third-order valence-electron chi connectivity index (χ3n) is 2.70. The van der Waals surface area contributed by atoms with E-state index in [0.717, 1.165) is 18.5 Å². The van der Waals surface area contributed by atoms with E-state index < -0.39 is 0 Å². The molecule has 5 heteroatoms. The van der Waals surface area contributed by atoms with Gasteiger partial charge in [0, 0.05) is 31.4 Å². The fraction of sp³-hybridized carbons (Fsp3) is 0.462. The van der Waals surface area contributed by atoms with Gasteiger partial charge in [-0.1, -0.05) is 5.57 Å². The Bertz CT molecular complexity index is 441. The number of amides is 1. The van der Waals surface area contributed by atoms with Crippen molar-refractivity contribution in [3.05, 3.63) is 30.2 Å². The van der Waals surface area contributed by atoms with Gasteiger partial charge in [0.05, 0.1) is 12.7 Å². The molecule has 1 saturated heterocycles. The third-order valence-corrected chi connectivity index (χ3v) is 2.70. The van der Waals surface area contributed by atoms with Crippen molar-refractivity contribution in [2.75, 3.05) is 13.1 Å². The summed E-state index contributed by atoms with van der Waals surface area (Å²) in [6, 6.07) is 0. The summed E-state index contributed by atoms with van der Waals surface area (Å²) >= 11 is 0. The molecule has 1 atom stereocenters. The fourth-order valence-corrected chi connectivity index (χ4v) is 1.88. The minimum absolute atomic E-state index is 0.0104. The van der Waals surface area contributed by atoms with E-state index in [1.54, 1.807) is 29.6 Å². The van der Waals surface area contributed by atoms with Crippen molar-refractivity contribution >= 4 is 5.91 Å². The zero-order valence-electron chi connectivity index (χ0n) is 10.7. The van der Waals surface area contributed by atoms with E-state index in [1.165, 1.54) is 0 Å². The van der Waals surface area contributed by atoms with E-state index in [1.807, 2.05) is 13.8 Å². The molecule has 1 unspecified atom stereocenters. The molecule has 1 aliphatic rings. The Morgan fingerprint density at radius 3 is 3.00 bits per heavy atom. The van der Waals surface area contributed by atoms with E-state index in [2.05, 4.69) is 9.97 Å². The van der Waals surface area contributed by atoms with Gasteiger partial charge in [-0.15, -0.1) is 0 Å². The Balaban J connectivity index is 1.89. The SMILES string of the molecule is CC(C)=CC(=O)N1CCC(Oc2cnccn2)C1. The quantitative estimate of drug-likeness (QED) is 0.758. The van der Waals surface area contributed by atoms with Gasteiger partial charge in [-0.25, -0.2) is 4.98 Å². The number of ether oxygens (including phenoxy) is 1. The van der Waals surface area contributed by atoms with E-state index in [9.17, 15) is 4.79 Å². The van der Waals surface area contributed by atoms with E-state index in [0.29, 0.717) is 12.4 Å². The molecule has 2 rings (SSSR count). The van der Waals surface area contributed by atoms with Crippen LogP contribution in [0.3, 0.4) is 0 Å². The van der Waals surface area contributed by atoms with Crippen LogP contribution in [-0.2, 0) is 4.79 Å². The number of hydrogen-bond donors (Lipinski definition) is 0. The summed E-state index contributed by atoms with van der Waals surface area (Å²) in [7, 11) is 0. The maximum Gasteiger partial charge on any atom is 0.246 e. The minimum Gasteiger partial charge on any atom is -0.471 e. The first kappa shape index (κ1) is 12.5. The molecule has 0 spiro atoms. The number of hydrogen-bond acceptors (Lipinski definition) is 4. The zero-order chi connectivity index (χ0) is 13.0. The summed E-state index contributed by atoms with van der Waals surface area (Å²) in [6.45, 7) is 5.18. The minimum atomic E-state index is 0.0104. The van der Waals surface area contributed by atoms with E-state index >= 15 is 0 Å².